The van der Waals surface area contributed by atoms with Crippen molar-refractivity contribution < 1.29 is 0 Å². The van der Waals surface area contributed by atoms with E-state index in [4.69, 9.17) is 16.5 Å². The molecule has 4 heterocycles. The third-order valence-corrected chi connectivity index (χ3v) is 5.14. The molecule has 148 valence electrons. The van der Waals surface area contributed by atoms with Crippen molar-refractivity contribution in [1.82, 2.24) is 19.9 Å². The van der Waals surface area contributed by atoms with Crippen LogP contribution in [0.1, 0.15) is 30.9 Å². The van der Waals surface area contributed by atoms with Crippen LogP contribution in [0.4, 0.5) is 5.82 Å². The van der Waals surface area contributed by atoms with Crippen molar-refractivity contribution in [2.75, 3.05) is 0 Å². The largest absolute Gasteiger partial charge is 0.360 e. The molecular formula is C25H18N6. The monoisotopic (exact) mass is 402 g/mol. The standard InChI is InChI=1S/C25H18N6/c1-25(2,22-12-4-10-19(30-22)17-8-6-14-28-21(17)16-26)23-13-5-11-20(31-23)18-9-7-15-29-24(18)27-3/h4-15H,1-2H3. The van der Waals surface area contributed by atoms with E-state index >= 15 is 0 Å². The molecule has 6 nitrogen and oxygen atoms in total. The van der Waals surface area contributed by atoms with Crippen LogP contribution in [0.2, 0.25) is 0 Å². The lowest BCUT2D eigenvalue weighted by Gasteiger charge is -2.25. The van der Waals surface area contributed by atoms with Gasteiger partial charge >= 0.3 is 0 Å². The summed E-state index contributed by atoms with van der Waals surface area (Å²) in [5, 5.41) is 9.39. The number of nitriles is 1. The highest BCUT2D eigenvalue weighted by Gasteiger charge is 2.27. The highest BCUT2D eigenvalue weighted by atomic mass is 14.9. The van der Waals surface area contributed by atoms with E-state index in [1.807, 2.05) is 48.5 Å². The first kappa shape index (κ1) is 19.9. The molecule has 0 aromatic carbocycles. The van der Waals surface area contributed by atoms with E-state index in [0.29, 0.717) is 34.0 Å². The molecule has 0 N–H and O–H groups in total. The topological polar surface area (TPSA) is 79.7 Å². The molecular weight excluding hydrogens is 384 g/mol. The summed E-state index contributed by atoms with van der Waals surface area (Å²) in [5.41, 5.74) is 4.25. The highest BCUT2D eigenvalue weighted by Crippen LogP contribution is 2.33. The molecule has 0 saturated heterocycles. The number of hydrogen-bond acceptors (Lipinski definition) is 5. The number of aromatic nitrogens is 4. The van der Waals surface area contributed by atoms with E-state index in [-0.39, 0.29) is 0 Å². The highest BCUT2D eigenvalue weighted by molar-refractivity contribution is 5.73. The van der Waals surface area contributed by atoms with Crippen LogP contribution < -0.4 is 0 Å². The van der Waals surface area contributed by atoms with Gasteiger partial charge in [-0.1, -0.05) is 24.8 Å². The lowest BCUT2D eigenvalue weighted by atomic mass is 9.84. The first-order chi connectivity index (χ1) is 15.0. The van der Waals surface area contributed by atoms with Gasteiger partial charge in [0.2, 0.25) is 0 Å². The Morgan fingerprint density at radius 2 is 1.39 bits per heavy atom. The summed E-state index contributed by atoms with van der Waals surface area (Å²) in [7, 11) is 0. The molecule has 6 heteroatoms. The van der Waals surface area contributed by atoms with E-state index in [1.54, 1.807) is 24.5 Å². The smallest absolute Gasteiger partial charge is 0.278 e. The Bertz CT molecular complexity index is 1240. The lowest BCUT2D eigenvalue weighted by molar-refractivity contribution is 0.597. The molecule has 0 atom stereocenters. The molecule has 0 spiro atoms. The Morgan fingerprint density at radius 1 is 0.806 bits per heavy atom. The second-order valence-electron chi connectivity index (χ2n) is 7.44. The Kier molecular flexibility index (Phi) is 5.22. The molecule has 0 aliphatic carbocycles. The maximum atomic E-state index is 9.39. The van der Waals surface area contributed by atoms with Crippen molar-refractivity contribution in [3.63, 3.8) is 0 Å². The van der Waals surface area contributed by atoms with Crippen molar-refractivity contribution >= 4 is 5.82 Å². The van der Waals surface area contributed by atoms with Gasteiger partial charge in [0.25, 0.3) is 5.82 Å². The Balaban J connectivity index is 1.78. The number of rotatable bonds is 4. The summed E-state index contributed by atoms with van der Waals surface area (Å²) >= 11 is 0. The van der Waals surface area contributed by atoms with Gasteiger partial charge in [-0.3, -0.25) is 9.97 Å². The summed E-state index contributed by atoms with van der Waals surface area (Å²) in [6, 6.07) is 20.9. The molecule has 31 heavy (non-hydrogen) atoms. The van der Waals surface area contributed by atoms with Crippen molar-refractivity contribution in [2.45, 2.75) is 19.3 Å². The van der Waals surface area contributed by atoms with Gasteiger partial charge < -0.3 is 4.85 Å². The Labute approximate surface area is 180 Å². The average Bonchev–Trinajstić information content (AvgIpc) is 2.84. The molecule has 4 aromatic heterocycles. The maximum absolute atomic E-state index is 9.39. The molecule has 0 unspecified atom stereocenters. The van der Waals surface area contributed by atoms with Gasteiger partial charge in [0.15, 0.2) is 0 Å². The van der Waals surface area contributed by atoms with Gasteiger partial charge in [-0.2, -0.15) is 5.26 Å². The quantitative estimate of drug-likeness (QED) is 0.430. The van der Waals surface area contributed by atoms with Gasteiger partial charge in [0.1, 0.15) is 18.0 Å². The fourth-order valence-electron chi connectivity index (χ4n) is 3.38. The fraction of sp³-hybridized carbons (Fsp3) is 0.120. The summed E-state index contributed by atoms with van der Waals surface area (Å²) in [4.78, 5) is 21.5. The van der Waals surface area contributed by atoms with E-state index in [9.17, 15) is 5.26 Å². The van der Waals surface area contributed by atoms with Crippen LogP contribution in [0, 0.1) is 17.9 Å². The third-order valence-electron chi connectivity index (χ3n) is 5.14. The van der Waals surface area contributed by atoms with Crippen LogP contribution in [0.5, 0.6) is 0 Å². The molecule has 0 bridgehead atoms. The van der Waals surface area contributed by atoms with Crippen LogP contribution in [0.15, 0.2) is 73.1 Å². The Morgan fingerprint density at radius 3 is 2.00 bits per heavy atom. The van der Waals surface area contributed by atoms with Crippen molar-refractivity contribution in [3.8, 4) is 28.6 Å². The Hall–Kier alpha value is -4.42. The fourth-order valence-corrected chi connectivity index (χ4v) is 3.38. The zero-order valence-electron chi connectivity index (χ0n) is 17.1. The first-order valence-electron chi connectivity index (χ1n) is 9.68. The average molecular weight is 402 g/mol. The van der Waals surface area contributed by atoms with Gasteiger partial charge in [0, 0.05) is 22.7 Å². The molecule has 0 saturated carbocycles. The van der Waals surface area contributed by atoms with Gasteiger partial charge in [-0.15, -0.1) is 4.98 Å². The van der Waals surface area contributed by atoms with E-state index in [2.05, 4.69) is 34.7 Å². The SMILES string of the molecule is [C-]#[N+]c1ncccc1-c1cccc(C(C)(C)c2cccc(-c3cccnc3C#N)n2)n1. The van der Waals surface area contributed by atoms with Gasteiger partial charge in [-0.05, 0) is 56.3 Å². The maximum Gasteiger partial charge on any atom is 0.278 e. The van der Waals surface area contributed by atoms with Crippen molar-refractivity contribution in [1.29, 1.82) is 5.26 Å². The molecule has 0 aliphatic rings. The minimum Gasteiger partial charge on any atom is -0.360 e. The summed E-state index contributed by atoms with van der Waals surface area (Å²) in [6.07, 6.45) is 3.20. The van der Waals surface area contributed by atoms with Crippen LogP contribution in [-0.4, -0.2) is 19.9 Å². The summed E-state index contributed by atoms with van der Waals surface area (Å²) in [6.45, 7) is 11.5. The molecule has 4 aromatic rings. The number of hydrogen-bond donors (Lipinski definition) is 0. The second kappa shape index (κ2) is 8.14. The third kappa shape index (κ3) is 3.75. The molecule has 0 fully saturated rings. The number of nitrogens with zero attached hydrogens (tertiary/aromatic N) is 6. The molecule has 0 aliphatic heterocycles. The van der Waals surface area contributed by atoms with E-state index in [0.717, 1.165) is 11.4 Å². The minimum atomic E-state index is -0.512. The van der Waals surface area contributed by atoms with Crippen LogP contribution in [-0.2, 0) is 5.41 Å². The minimum absolute atomic E-state index is 0.325. The van der Waals surface area contributed by atoms with Gasteiger partial charge in [-0.25, -0.2) is 4.98 Å². The van der Waals surface area contributed by atoms with Gasteiger partial charge in [0.05, 0.1) is 22.8 Å². The first-order valence-corrected chi connectivity index (χ1v) is 9.68. The molecule has 4 rings (SSSR count). The van der Waals surface area contributed by atoms with Crippen LogP contribution in [0.3, 0.4) is 0 Å². The second-order valence-corrected chi connectivity index (χ2v) is 7.44. The van der Waals surface area contributed by atoms with E-state index < -0.39 is 5.41 Å². The normalized spacial score (nSPS) is 10.8. The zero-order valence-corrected chi connectivity index (χ0v) is 17.1. The van der Waals surface area contributed by atoms with Crippen molar-refractivity contribution in [3.05, 3.63) is 102 Å². The van der Waals surface area contributed by atoms with Crippen molar-refractivity contribution in [2.24, 2.45) is 0 Å². The summed E-state index contributed by atoms with van der Waals surface area (Å²) in [5.74, 6) is 0.325. The number of pyridine rings is 4. The summed E-state index contributed by atoms with van der Waals surface area (Å²) < 4.78 is 0. The predicted molar refractivity (Wildman–Crippen MR) is 118 cm³/mol. The molecule has 0 radical (unpaired) electrons. The lowest BCUT2D eigenvalue weighted by Crippen LogP contribution is -2.22. The van der Waals surface area contributed by atoms with Crippen LogP contribution >= 0.6 is 0 Å². The predicted octanol–water partition coefficient (Wildman–Crippen LogP) is 5.35. The zero-order chi connectivity index (χ0) is 21.8. The van der Waals surface area contributed by atoms with E-state index in [1.165, 1.54) is 0 Å². The van der Waals surface area contributed by atoms with Crippen LogP contribution in [0.25, 0.3) is 27.4 Å². The molecule has 0 amide bonds.